The third kappa shape index (κ3) is 7.12. The number of carbonyl (C=O) groups is 1. The number of benzene rings is 2. The molecule has 1 unspecified atom stereocenters. The number of allylic oxidation sites excluding steroid dienone is 2. The smallest absolute Gasteiger partial charge is 0.309 e. The maximum absolute atomic E-state index is 14.8. The van der Waals surface area contributed by atoms with Gasteiger partial charge in [-0.2, -0.15) is 4.39 Å². The topological polar surface area (TPSA) is 35.5 Å². The van der Waals surface area contributed by atoms with Gasteiger partial charge in [-0.1, -0.05) is 31.6 Å². The van der Waals surface area contributed by atoms with Gasteiger partial charge in [0.15, 0.2) is 23.2 Å². The van der Waals surface area contributed by atoms with Crippen molar-refractivity contribution in [2.45, 2.75) is 109 Å². The molecule has 0 aromatic heterocycles. The fraction of sp³-hybridized carbons (Fsp3) is 0.583. The number of carbonyl (C=O) groups excluding carboxylic acids is 1. The monoisotopic (exact) mass is 600 g/mol. The van der Waals surface area contributed by atoms with E-state index in [1.165, 1.54) is 6.07 Å². The van der Waals surface area contributed by atoms with Gasteiger partial charge in [0.25, 0.3) is 0 Å². The molecule has 234 valence electrons. The van der Waals surface area contributed by atoms with Gasteiger partial charge in [-0.25, -0.2) is 13.2 Å². The Morgan fingerprint density at radius 1 is 0.791 bits per heavy atom. The van der Waals surface area contributed by atoms with E-state index in [2.05, 4.69) is 6.08 Å². The maximum atomic E-state index is 14.8. The van der Waals surface area contributed by atoms with Crippen LogP contribution in [-0.2, 0) is 16.0 Å². The second-order valence-electron chi connectivity index (χ2n) is 12.7. The Morgan fingerprint density at radius 3 is 2.19 bits per heavy atom. The van der Waals surface area contributed by atoms with E-state index >= 15 is 0 Å². The number of hydrogen-bond acceptors (Lipinski definition) is 3. The van der Waals surface area contributed by atoms with Crippen molar-refractivity contribution in [1.82, 2.24) is 0 Å². The predicted octanol–water partition coefficient (Wildman–Crippen LogP) is 9.85. The average Bonchev–Trinajstić information content (AvgIpc) is 3.03. The van der Waals surface area contributed by atoms with Crippen LogP contribution >= 0.6 is 0 Å². The summed E-state index contributed by atoms with van der Waals surface area (Å²) in [7, 11) is 0. The average molecular weight is 601 g/mol. The summed E-state index contributed by atoms with van der Waals surface area (Å²) < 4.78 is 69.4. The third-order valence-corrected chi connectivity index (χ3v) is 10.0. The molecule has 43 heavy (non-hydrogen) atoms. The minimum Gasteiger partial charge on any atom is -0.491 e. The van der Waals surface area contributed by atoms with E-state index in [1.807, 2.05) is 6.92 Å². The number of aryl methyl sites for hydroxylation is 1. The molecule has 0 aliphatic heterocycles. The van der Waals surface area contributed by atoms with Gasteiger partial charge >= 0.3 is 5.97 Å². The first-order chi connectivity index (χ1) is 20.8. The summed E-state index contributed by atoms with van der Waals surface area (Å²) in [6.45, 7) is 3.96. The molecular formula is C36H44F4O3. The Hall–Kier alpha value is -2.83. The molecule has 2 saturated carbocycles. The fourth-order valence-corrected chi connectivity index (χ4v) is 7.53. The summed E-state index contributed by atoms with van der Waals surface area (Å²) in [6, 6.07) is 6.57. The number of ether oxygens (including phenoxy) is 2. The first-order valence-corrected chi connectivity index (χ1v) is 16.3. The molecule has 7 heteroatoms. The molecule has 2 aromatic rings. The molecule has 3 aliphatic carbocycles. The summed E-state index contributed by atoms with van der Waals surface area (Å²) in [6.07, 6.45) is 11.9. The molecule has 3 nitrogen and oxygen atoms in total. The lowest BCUT2D eigenvalue weighted by Gasteiger charge is -2.36. The van der Waals surface area contributed by atoms with Crippen molar-refractivity contribution in [2.75, 3.05) is 6.61 Å². The Bertz CT molecular complexity index is 1310. The minimum atomic E-state index is -0.929. The summed E-state index contributed by atoms with van der Waals surface area (Å²) in [5, 5.41) is 0. The van der Waals surface area contributed by atoms with Gasteiger partial charge in [0.2, 0.25) is 5.82 Å². The normalized spacial score (nSPS) is 26.1. The Labute approximate surface area is 253 Å². The molecule has 0 radical (unpaired) electrons. The zero-order chi connectivity index (χ0) is 30.5. The lowest BCUT2D eigenvalue weighted by Crippen LogP contribution is -2.31. The molecule has 1 atom stereocenters. The van der Waals surface area contributed by atoms with Crippen LogP contribution in [0.2, 0.25) is 0 Å². The standard InChI is InChI=1S/C36H44F4O3/c1-3-5-26-16-19-29(33(38)32(26)37)25-14-17-28(18-15-25)43-36(41)27-12-8-23(9-13-27)22-6-10-24(11-7-22)30-20-21-31(42-4-2)35(40)34(30)39/h10,16,19-23,25,27-28H,3-9,11-15,17-18H2,1-2H3. The van der Waals surface area contributed by atoms with E-state index < -0.39 is 23.3 Å². The second-order valence-corrected chi connectivity index (χ2v) is 12.7. The van der Waals surface area contributed by atoms with Crippen molar-refractivity contribution < 1.29 is 31.8 Å². The third-order valence-electron chi connectivity index (χ3n) is 10.0. The number of halogens is 4. The van der Waals surface area contributed by atoms with Gasteiger partial charge in [-0.05, 0) is 131 Å². The lowest BCUT2D eigenvalue weighted by molar-refractivity contribution is -0.157. The molecule has 5 rings (SSSR count). The Balaban J connectivity index is 1.07. The first kappa shape index (κ1) is 31.6. The summed E-state index contributed by atoms with van der Waals surface area (Å²) >= 11 is 0. The van der Waals surface area contributed by atoms with Crippen LogP contribution in [0.1, 0.15) is 114 Å². The molecular weight excluding hydrogens is 556 g/mol. The lowest BCUT2D eigenvalue weighted by atomic mass is 9.71. The molecule has 0 bridgehead atoms. The van der Waals surface area contributed by atoms with Crippen LogP contribution in [-0.4, -0.2) is 18.7 Å². The fourth-order valence-electron chi connectivity index (χ4n) is 7.53. The molecule has 2 fully saturated rings. The van der Waals surface area contributed by atoms with Gasteiger partial charge in [0, 0.05) is 5.56 Å². The van der Waals surface area contributed by atoms with Crippen LogP contribution in [0, 0.1) is 41.0 Å². The zero-order valence-corrected chi connectivity index (χ0v) is 25.4. The first-order valence-electron chi connectivity index (χ1n) is 16.3. The van der Waals surface area contributed by atoms with Crippen molar-refractivity contribution in [1.29, 1.82) is 0 Å². The maximum Gasteiger partial charge on any atom is 0.309 e. The molecule has 0 amide bonds. The van der Waals surface area contributed by atoms with E-state index in [0.29, 0.717) is 67.1 Å². The van der Waals surface area contributed by atoms with Crippen LogP contribution in [0.5, 0.6) is 5.75 Å². The summed E-state index contributed by atoms with van der Waals surface area (Å²) in [5.41, 5.74) is 2.05. The minimum absolute atomic E-state index is 0.0504. The van der Waals surface area contributed by atoms with Crippen LogP contribution < -0.4 is 4.74 Å². The largest absolute Gasteiger partial charge is 0.491 e. The zero-order valence-electron chi connectivity index (χ0n) is 25.4. The van der Waals surface area contributed by atoms with E-state index in [9.17, 15) is 22.4 Å². The number of rotatable bonds is 9. The number of hydrogen-bond donors (Lipinski definition) is 0. The highest BCUT2D eigenvalue weighted by Gasteiger charge is 2.35. The highest BCUT2D eigenvalue weighted by atomic mass is 19.2. The number of esters is 1. The SMILES string of the molecule is CCCc1ccc(C2CCC(OC(=O)C3CCC(C4CC=C(c5ccc(OCC)c(F)c5F)CC4)CC3)CC2)c(F)c1F. The summed E-state index contributed by atoms with van der Waals surface area (Å²) in [4.78, 5) is 13.0. The predicted molar refractivity (Wildman–Crippen MR) is 160 cm³/mol. The summed E-state index contributed by atoms with van der Waals surface area (Å²) in [5.74, 6) is -2.54. The van der Waals surface area contributed by atoms with Gasteiger partial charge in [0.05, 0.1) is 12.5 Å². The van der Waals surface area contributed by atoms with Crippen LogP contribution in [0.4, 0.5) is 17.6 Å². The van der Waals surface area contributed by atoms with E-state index in [1.54, 1.807) is 25.1 Å². The van der Waals surface area contributed by atoms with Crippen molar-refractivity contribution in [3.63, 3.8) is 0 Å². The van der Waals surface area contributed by atoms with Crippen LogP contribution in [0.25, 0.3) is 5.57 Å². The Morgan fingerprint density at radius 2 is 1.53 bits per heavy atom. The van der Waals surface area contributed by atoms with Gasteiger partial charge < -0.3 is 9.47 Å². The van der Waals surface area contributed by atoms with Crippen molar-refractivity contribution in [3.05, 3.63) is 70.3 Å². The highest BCUT2D eigenvalue weighted by Crippen LogP contribution is 2.43. The van der Waals surface area contributed by atoms with Crippen LogP contribution in [0.15, 0.2) is 30.3 Å². The van der Waals surface area contributed by atoms with Crippen LogP contribution in [0.3, 0.4) is 0 Å². The molecule has 0 spiro atoms. The molecule has 3 aliphatic rings. The molecule has 2 aromatic carbocycles. The highest BCUT2D eigenvalue weighted by molar-refractivity contribution is 5.72. The van der Waals surface area contributed by atoms with Gasteiger partial charge in [-0.15, -0.1) is 0 Å². The molecule has 0 heterocycles. The van der Waals surface area contributed by atoms with Crippen molar-refractivity contribution >= 4 is 11.5 Å². The second kappa shape index (κ2) is 14.3. The van der Waals surface area contributed by atoms with Gasteiger partial charge in [0.1, 0.15) is 6.10 Å². The Kier molecular flexibility index (Phi) is 10.5. The van der Waals surface area contributed by atoms with Crippen molar-refractivity contribution in [3.8, 4) is 5.75 Å². The van der Waals surface area contributed by atoms with Crippen molar-refractivity contribution in [2.24, 2.45) is 17.8 Å². The molecule has 0 saturated heterocycles. The van der Waals surface area contributed by atoms with E-state index in [4.69, 9.17) is 9.47 Å². The van der Waals surface area contributed by atoms with E-state index in [-0.39, 0.29) is 36.3 Å². The van der Waals surface area contributed by atoms with Gasteiger partial charge in [-0.3, -0.25) is 4.79 Å². The van der Waals surface area contributed by atoms with E-state index in [0.717, 1.165) is 50.5 Å². The quantitative estimate of drug-likeness (QED) is 0.212. The molecule has 0 N–H and O–H groups in total.